The van der Waals surface area contributed by atoms with Crippen LogP contribution in [0.3, 0.4) is 0 Å². The summed E-state index contributed by atoms with van der Waals surface area (Å²) in [5, 5.41) is 3.56. The van der Waals surface area contributed by atoms with Crippen molar-refractivity contribution in [1.29, 1.82) is 0 Å². The summed E-state index contributed by atoms with van der Waals surface area (Å²) < 4.78 is 5.53. The second-order valence-corrected chi connectivity index (χ2v) is 5.96. The van der Waals surface area contributed by atoms with Gasteiger partial charge in [0.25, 0.3) is 0 Å². The van der Waals surface area contributed by atoms with Crippen molar-refractivity contribution in [2.24, 2.45) is 0 Å². The molecule has 1 aromatic rings. The van der Waals surface area contributed by atoms with E-state index in [0.29, 0.717) is 12.1 Å². The van der Waals surface area contributed by atoms with E-state index in [4.69, 9.17) is 4.74 Å². The third kappa shape index (κ3) is 7.00. The summed E-state index contributed by atoms with van der Waals surface area (Å²) in [7, 11) is 0. The van der Waals surface area contributed by atoms with Gasteiger partial charge in [0.1, 0.15) is 0 Å². The Kier molecular flexibility index (Phi) is 8.19. The smallest absolute Gasteiger partial charge is 0.0518 e. The highest BCUT2D eigenvalue weighted by Gasteiger charge is 2.04. The first kappa shape index (κ1) is 16.5. The Morgan fingerprint density at radius 2 is 1.79 bits per heavy atom. The van der Waals surface area contributed by atoms with E-state index < -0.39 is 0 Å². The molecule has 1 atom stereocenters. The van der Waals surface area contributed by atoms with Gasteiger partial charge in [0.05, 0.1) is 6.10 Å². The van der Waals surface area contributed by atoms with Crippen LogP contribution in [-0.4, -0.2) is 25.5 Å². The topological polar surface area (TPSA) is 21.3 Å². The molecule has 3 heteroatoms. The van der Waals surface area contributed by atoms with Gasteiger partial charge in [-0.05, 0) is 64.1 Å². The summed E-state index contributed by atoms with van der Waals surface area (Å²) in [5.41, 5.74) is 1.36. The first-order valence-corrected chi connectivity index (χ1v) is 8.35. The van der Waals surface area contributed by atoms with Crippen molar-refractivity contribution < 1.29 is 4.74 Å². The average Bonchev–Trinajstić information content (AvgIpc) is 2.42. The number of rotatable bonds is 9. The fourth-order valence-electron chi connectivity index (χ4n) is 1.88. The lowest BCUT2D eigenvalue weighted by Gasteiger charge is -2.15. The second-order valence-electron chi connectivity index (χ2n) is 5.08. The summed E-state index contributed by atoms with van der Waals surface area (Å²) in [6, 6.07) is 9.22. The van der Waals surface area contributed by atoms with Crippen molar-refractivity contribution in [2.45, 2.75) is 50.7 Å². The summed E-state index contributed by atoms with van der Waals surface area (Å²) in [4.78, 5) is 1.32. The molecule has 0 aromatic heterocycles. The monoisotopic (exact) mass is 281 g/mol. The van der Waals surface area contributed by atoms with E-state index in [1.54, 1.807) is 11.8 Å². The van der Waals surface area contributed by atoms with Gasteiger partial charge in [-0.15, -0.1) is 11.8 Å². The molecule has 0 spiro atoms. The second kappa shape index (κ2) is 9.40. The molecule has 2 nitrogen and oxygen atoms in total. The molecule has 0 saturated carbocycles. The molecule has 0 heterocycles. The molecule has 1 unspecified atom stereocenters. The predicted octanol–water partition coefficient (Wildman–Crippen LogP) is 4.26. The molecular weight excluding hydrogens is 254 g/mol. The Bertz CT molecular complexity index is 337. The van der Waals surface area contributed by atoms with Gasteiger partial charge in [0.15, 0.2) is 0 Å². The number of nitrogens with one attached hydrogen (secondary N) is 1. The predicted molar refractivity (Wildman–Crippen MR) is 85.0 cm³/mol. The van der Waals surface area contributed by atoms with Gasteiger partial charge in [-0.1, -0.05) is 12.1 Å². The van der Waals surface area contributed by atoms with Gasteiger partial charge in [-0.2, -0.15) is 0 Å². The Hall–Kier alpha value is -0.510. The van der Waals surface area contributed by atoms with Crippen molar-refractivity contribution in [3.05, 3.63) is 29.8 Å². The maximum absolute atomic E-state index is 5.53. The molecule has 1 N–H and O–H groups in total. The van der Waals surface area contributed by atoms with Crippen molar-refractivity contribution >= 4 is 11.8 Å². The highest BCUT2D eigenvalue weighted by Crippen LogP contribution is 2.18. The quantitative estimate of drug-likeness (QED) is 0.539. The minimum Gasteiger partial charge on any atom is -0.379 e. The SMILES string of the molecule is CSc1ccc(C(C)NCCCCOC(C)C)cc1. The maximum Gasteiger partial charge on any atom is 0.0518 e. The molecule has 0 radical (unpaired) electrons. The number of hydrogen-bond donors (Lipinski definition) is 1. The standard InChI is InChI=1S/C16H27NOS/c1-13(2)18-12-6-5-11-17-14(3)15-7-9-16(19-4)10-8-15/h7-10,13-14,17H,5-6,11-12H2,1-4H3. The van der Waals surface area contributed by atoms with E-state index in [1.807, 2.05) is 0 Å². The lowest BCUT2D eigenvalue weighted by molar-refractivity contribution is 0.0759. The Morgan fingerprint density at radius 1 is 1.11 bits per heavy atom. The van der Waals surface area contributed by atoms with Crippen LogP contribution in [0.4, 0.5) is 0 Å². The van der Waals surface area contributed by atoms with Gasteiger partial charge in [-0.3, -0.25) is 0 Å². The van der Waals surface area contributed by atoms with Gasteiger partial charge >= 0.3 is 0 Å². The van der Waals surface area contributed by atoms with Crippen LogP contribution in [0.5, 0.6) is 0 Å². The third-order valence-corrected chi connectivity index (χ3v) is 3.83. The van der Waals surface area contributed by atoms with E-state index in [-0.39, 0.29) is 0 Å². The van der Waals surface area contributed by atoms with Crippen LogP contribution in [0.15, 0.2) is 29.2 Å². The fraction of sp³-hybridized carbons (Fsp3) is 0.625. The summed E-state index contributed by atoms with van der Waals surface area (Å²) in [5.74, 6) is 0. The van der Waals surface area contributed by atoms with Crippen LogP contribution < -0.4 is 5.32 Å². The number of thioether (sulfide) groups is 1. The van der Waals surface area contributed by atoms with Gasteiger partial charge in [0.2, 0.25) is 0 Å². The van der Waals surface area contributed by atoms with Crippen LogP contribution >= 0.6 is 11.8 Å². The van der Waals surface area contributed by atoms with E-state index in [1.165, 1.54) is 16.9 Å². The first-order chi connectivity index (χ1) is 9.13. The van der Waals surface area contributed by atoms with Crippen LogP contribution in [0.2, 0.25) is 0 Å². The highest BCUT2D eigenvalue weighted by molar-refractivity contribution is 7.98. The summed E-state index contributed by atoms with van der Waals surface area (Å²) in [6.07, 6.45) is 4.75. The summed E-state index contributed by atoms with van der Waals surface area (Å²) >= 11 is 1.78. The molecule has 19 heavy (non-hydrogen) atoms. The van der Waals surface area contributed by atoms with Crippen molar-refractivity contribution in [3.8, 4) is 0 Å². The molecule has 0 bridgehead atoms. The number of unbranched alkanes of at least 4 members (excludes halogenated alkanes) is 1. The normalized spacial score (nSPS) is 12.9. The van der Waals surface area contributed by atoms with Crippen LogP contribution in [-0.2, 0) is 4.74 Å². The minimum absolute atomic E-state index is 0.349. The van der Waals surface area contributed by atoms with Crippen molar-refractivity contribution in [1.82, 2.24) is 5.32 Å². The van der Waals surface area contributed by atoms with Crippen molar-refractivity contribution in [3.63, 3.8) is 0 Å². The largest absolute Gasteiger partial charge is 0.379 e. The molecule has 0 aliphatic carbocycles. The van der Waals surface area contributed by atoms with Crippen LogP contribution in [0.25, 0.3) is 0 Å². The first-order valence-electron chi connectivity index (χ1n) is 7.12. The molecule has 0 saturated heterocycles. The van der Waals surface area contributed by atoms with E-state index in [9.17, 15) is 0 Å². The van der Waals surface area contributed by atoms with Gasteiger partial charge < -0.3 is 10.1 Å². The molecule has 1 rings (SSSR count). The Morgan fingerprint density at radius 3 is 2.37 bits per heavy atom. The molecule has 108 valence electrons. The van der Waals surface area contributed by atoms with Crippen LogP contribution in [0.1, 0.15) is 45.2 Å². The lowest BCUT2D eigenvalue weighted by atomic mass is 10.1. The number of hydrogen-bond acceptors (Lipinski definition) is 3. The highest BCUT2D eigenvalue weighted by atomic mass is 32.2. The average molecular weight is 281 g/mol. The molecule has 0 aliphatic heterocycles. The molecule has 0 aliphatic rings. The number of benzene rings is 1. The van der Waals surface area contributed by atoms with E-state index in [0.717, 1.165) is 19.6 Å². The van der Waals surface area contributed by atoms with E-state index >= 15 is 0 Å². The summed E-state index contributed by atoms with van der Waals surface area (Å²) in [6.45, 7) is 8.30. The third-order valence-electron chi connectivity index (χ3n) is 3.09. The zero-order chi connectivity index (χ0) is 14.1. The van der Waals surface area contributed by atoms with E-state index in [2.05, 4.69) is 56.6 Å². The maximum atomic E-state index is 5.53. The Balaban J connectivity index is 2.17. The molecular formula is C16H27NOS. The van der Waals surface area contributed by atoms with Crippen LogP contribution in [0, 0.1) is 0 Å². The molecule has 0 amide bonds. The fourth-order valence-corrected chi connectivity index (χ4v) is 2.28. The van der Waals surface area contributed by atoms with Gasteiger partial charge in [0, 0.05) is 17.5 Å². The molecule has 0 fully saturated rings. The zero-order valence-electron chi connectivity index (χ0n) is 12.6. The minimum atomic E-state index is 0.349. The van der Waals surface area contributed by atoms with Gasteiger partial charge in [-0.25, -0.2) is 0 Å². The zero-order valence-corrected chi connectivity index (χ0v) is 13.4. The number of ether oxygens (including phenoxy) is 1. The molecule has 1 aromatic carbocycles. The van der Waals surface area contributed by atoms with Crippen molar-refractivity contribution in [2.75, 3.05) is 19.4 Å². The Labute approximate surface area is 122 Å². The lowest BCUT2D eigenvalue weighted by Crippen LogP contribution is -2.20.